The summed E-state index contributed by atoms with van der Waals surface area (Å²) in [5.74, 6) is -1.10. The van der Waals surface area contributed by atoms with Crippen LogP contribution in [0.2, 0.25) is 0 Å². The van der Waals surface area contributed by atoms with E-state index in [2.05, 4.69) is 6.92 Å². The molecule has 23 heavy (non-hydrogen) atoms. The summed E-state index contributed by atoms with van der Waals surface area (Å²) in [6, 6.07) is 3.64. The zero-order chi connectivity index (χ0) is 17.1. The second-order valence-corrected chi connectivity index (χ2v) is 6.50. The number of carbonyl (C=O) groups is 1. The first kappa shape index (κ1) is 19.5. The third-order valence-corrected chi connectivity index (χ3v) is 4.48. The molecule has 0 radical (unpaired) electrons. The fourth-order valence-electron chi connectivity index (χ4n) is 3.01. The van der Waals surface area contributed by atoms with Crippen LogP contribution in [0.4, 0.5) is 0 Å². The number of hydrogen-bond donors (Lipinski definition) is 2. The van der Waals surface area contributed by atoms with Crippen molar-refractivity contribution in [2.45, 2.75) is 84.5 Å². The number of benzene rings is 1. The Hall–Kier alpha value is -1.51. The van der Waals surface area contributed by atoms with E-state index >= 15 is 0 Å². The Labute approximate surface area is 140 Å². The van der Waals surface area contributed by atoms with Crippen molar-refractivity contribution >= 4 is 5.97 Å². The van der Waals surface area contributed by atoms with Gasteiger partial charge >= 0.3 is 5.97 Å². The molecule has 0 saturated carbocycles. The van der Waals surface area contributed by atoms with Crippen molar-refractivity contribution < 1.29 is 15.0 Å². The maximum atomic E-state index is 11.2. The molecule has 0 aromatic heterocycles. The van der Waals surface area contributed by atoms with E-state index in [1.54, 1.807) is 13.0 Å². The Morgan fingerprint density at radius 1 is 0.913 bits per heavy atom. The number of phenols is 1. The van der Waals surface area contributed by atoms with Gasteiger partial charge in [0.2, 0.25) is 0 Å². The fraction of sp³-hybridized carbons (Fsp3) is 0.650. The predicted octanol–water partition coefficient (Wildman–Crippen LogP) is 5.86. The number of aryl methyl sites for hydroxylation is 2. The molecule has 0 aliphatic carbocycles. The Bertz CT molecular complexity index is 480. The first-order valence-corrected chi connectivity index (χ1v) is 9.12. The maximum absolute atomic E-state index is 11.2. The minimum Gasteiger partial charge on any atom is -0.507 e. The molecule has 2 N–H and O–H groups in total. The number of aromatic carboxylic acids is 1. The van der Waals surface area contributed by atoms with Crippen molar-refractivity contribution in [3.8, 4) is 5.75 Å². The summed E-state index contributed by atoms with van der Waals surface area (Å²) in [6.07, 6.45) is 13.5. The van der Waals surface area contributed by atoms with E-state index in [0.29, 0.717) is 5.56 Å². The number of hydrogen-bond acceptors (Lipinski definition) is 2. The number of carboxylic acid groups (broad SMARTS) is 1. The summed E-state index contributed by atoms with van der Waals surface area (Å²) in [5.41, 5.74) is 1.42. The highest BCUT2D eigenvalue weighted by molar-refractivity contribution is 5.93. The highest BCUT2D eigenvalue weighted by atomic mass is 16.4. The Kier molecular flexibility index (Phi) is 9.42. The molecule has 0 bridgehead atoms. The van der Waals surface area contributed by atoms with Crippen LogP contribution in [0.3, 0.4) is 0 Å². The molecule has 0 unspecified atom stereocenters. The van der Waals surface area contributed by atoms with E-state index in [9.17, 15) is 9.90 Å². The molecule has 0 atom stereocenters. The van der Waals surface area contributed by atoms with Crippen LogP contribution in [0.15, 0.2) is 12.1 Å². The zero-order valence-electron chi connectivity index (χ0n) is 14.7. The number of unbranched alkanes of at least 4 members (excludes halogenated alkanes) is 9. The maximum Gasteiger partial charge on any atom is 0.339 e. The van der Waals surface area contributed by atoms with Crippen LogP contribution in [-0.4, -0.2) is 16.2 Å². The number of rotatable bonds is 12. The van der Waals surface area contributed by atoms with Crippen LogP contribution in [0.5, 0.6) is 5.75 Å². The van der Waals surface area contributed by atoms with Crippen LogP contribution >= 0.6 is 0 Å². The van der Waals surface area contributed by atoms with Gasteiger partial charge in [0.05, 0.1) is 0 Å². The van der Waals surface area contributed by atoms with Gasteiger partial charge in [-0.25, -0.2) is 4.79 Å². The van der Waals surface area contributed by atoms with Crippen LogP contribution in [0.1, 0.15) is 92.6 Å². The second-order valence-electron chi connectivity index (χ2n) is 6.50. The van der Waals surface area contributed by atoms with E-state index in [1.807, 2.05) is 6.07 Å². The lowest BCUT2D eigenvalue weighted by Crippen LogP contribution is -2.02. The van der Waals surface area contributed by atoms with Gasteiger partial charge in [-0.3, -0.25) is 0 Å². The van der Waals surface area contributed by atoms with Crippen LogP contribution < -0.4 is 0 Å². The van der Waals surface area contributed by atoms with Gasteiger partial charge in [-0.05, 0) is 30.9 Å². The molecule has 130 valence electrons. The normalized spacial score (nSPS) is 10.9. The molecule has 0 amide bonds. The lowest BCUT2D eigenvalue weighted by atomic mass is 9.98. The van der Waals surface area contributed by atoms with Gasteiger partial charge in [0.15, 0.2) is 0 Å². The smallest absolute Gasteiger partial charge is 0.339 e. The zero-order valence-corrected chi connectivity index (χ0v) is 14.7. The Morgan fingerprint density at radius 2 is 1.43 bits per heavy atom. The van der Waals surface area contributed by atoms with Crippen molar-refractivity contribution in [2.24, 2.45) is 0 Å². The van der Waals surface area contributed by atoms with Gasteiger partial charge in [-0.2, -0.15) is 0 Å². The van der Waals surface area contributed by atoms with E-state index in [-0.39, 0.29) is 11.3 Å². The van der Waals surface area contributed by atoms with Crippen LogP contribution in [0.25, 0.3) is 0 Å². The monoisotopic (exact) mass is 320 g/mol. The summed E-state index contributed by atoms with van der Waals surface area (Å²) >= 11 is 0. The van der Waals surface area contributed by atoms with E-state index in [0.717, 1.165) is 24.8 Å². The molecule has 0 saturated heterocycles. The first-order valence-electron chi connectivity index (χ1n) is 9.12. The molecule has 3 nitrogen and oxygen atoms in total. The molecule has 0 fully saturated rings. The van der Waals surface area contributed by atoms with Crippen LogP contribution in [0, 0.1) is 6.92 Å². The van der Waals surface area contributed by atoms with E-state index in [4.69, 9.17) is 5.11 Å². The average molecular weight is 320 g/mol. The standard InChI is InChI=1S/C20H32O3/c1-3-4-5-6-7-8-9-10-11-12-13-17-15-14-16(2)18(19(17)21)20(22)23/h14-15,21H,3-13H2,1-2H3,(H,22,23). The third-order valence-electron chi connectivity index (χ3n) is 4.48. The number of carboxylic acids is 1. The highest BCUT2D eigenvalue weighted by Gasteiger charge is 2.15. The SMILES string of the molecule is CCCCCCCCCCCCc1ccc(C)c(C(=O)O)c1O. The first-order chi connectivity index (χ1) is 11.1. The van der Waals surface area contributed by atoms with Crippen molar-refractivity contribution in [2.75, 3.05) is 0 Å². The van der Waals surface area contributed by atoms with Gasteiger partial charge in [0.25, 0.3) is 0 Å². The lowest BCUT2D eigenvalue weighted by molar-refractivity contribution is 0.0692. The van der Waals surface area contributed by atoms with Crippen molar-refractivity contribution in [1.82, 2.24) is 0 Å². The summed E-state index contributed by atoms with van der Waals surface area (Å²) in [4.78, 5) is 11.2. The molecule has 1 rings (SSSR count). The Morgan fingerprint density at radius 3 is 1.96 bits per heavy atom. The van der Waals surface area contributed by atoms with Gasteiger partial charge in [-0.1, -0.05) is 76.8 Å². The fourth-order valence-corrected chi connectivity index (χ4v) is 3.01. The lowest BCUT2D eigenvalue weighted by Gasteiger charge is -2.10. The number of aromatic hydroxyl groups is 1. The third kappa shape index (κ3) is 7.06. The minimum atomic E-state index is -1.05. The van der Waals surface area contributed by atoms with Crippen molar-refractivity contribution in [1.29, 1.82) is 0 Å². The summed E-state index contributed by atoms with van der Waals surface area (Å²) in [5, 5.41) is 19.3. The molecule has 0 spiro atoms. The van der Waals surface area contributed by atoms with E-state index < -0.39 is 5.97 Å². The van der Waals surface area contributed by atoms with Crippen molar-refractivity contribution in [3.63, 3.8) is 0 Å². The molecular weight excluding hydrogens is 288 g/mol. The summed E-state index contributed by atoms with van der Waals surface area (Å²) in [7, 11) is 0. The minimum absolute atomic E-state index is 0.0478. The molecule has 0 heterocycles. The average Bonchev–Trinajstić information content (AvgIpc) is 2.51. The predicted molar refractivity (Wildman–Crippen MR) is 95.4 cm³/mol. The van der Waals surface area contributed by atoms with Crippen molar-refractivity contribution in [3.05, 3.63) is 28.8 Å². The molecule has 1 aromatic rings. The largest absolute Gasteiger partial charge is 0.507 e. The highest BCUT2D eigenvalue weighted by Crippen LogP contribution is 2.27. The van der Waals surface area contributed by atoms with Gasteiger partial charge in [-0.15, -0.1) is 0 Å². The molecule has 3 heteroatoms. The van der Waals surface area contributed by atoms with Gasteiger partial charge in [0, 0.05) is 0 Å². The quantitative estimate of drug-likeness (QED) is 0.474. The summed E-state index contributed by atoms with van der Waals surface area (Å²) in [6.45, 7) is 3.96. The van der Waals surface area contributed by atoms with Gasteiger partial charge in [0.1, 0.15) is 11.3 Å². The Balaban J connectivity index is 2.22. The molecular formula is C20H32O3. The van der Waals surface area contributed by atoms with E-state index in [1.165, 1.54) is 51.4 Å². The van der Waals surface area contributed by atoms with Crippen LogP contribution in [-0.2, 0) is 6.42 Å². The molecule has 0 aliphatic rings. The second kappa shape index (κ2) is 11.1. The molecule has 1 aromatic carbocycles. The molecule has 0 aliphatic heterocycles. The summed E-state index contributed by atoms with van der Waals surface area (Å²) < 4.78 is 0. The van der Waals surface area contributed by atoms with Gasteiger partial charge < -0.3 is 10.2 Å². The topological polar surface area (TPSA) is 57.5 Å².